The first-order valence-electron chi connectivity index (χ1n) is 11.5. The van der Waals surface area contributed by atoms with E-state index < -0.39 is 0 Å². The van der Waals surface area contributed by atoms with Crippen LogP contribution < -0.4 is 19.6 Å². The molecule has 0 aliphatic carbocycles. The molecule has 1 amide bonds. The number of nitrogens with zero attached hydrogens (tertiary/aromatic N) is 1. The van der Waals surface area contributed by atoms with Crippen molar-refractivity contribution in [2.45, 2.75) is 13.2 Å². The SMILES string of the molecule is COc1cc(C(=O)N/N=C/c2cc(Br)c(OCc3ccccc3Cl)c(Br)c2)ccc1OCc1ccccc1. The number of hydrogen-bond acceptors (Lipinski definition) is 5. The van der Waals surface area contributed by atoms with Gasteiger partial charge in [-0.2, -0.15) is 5.10 Å². The molecule has 0 aliphatic heterocycles. The van der Waals surface area contributed by atoms with E-state index >= 15 is 0 Å². The maximum atomic E-state index is 12.7. The van der Waals surface area contributed by atoms with Crippen LogP contribution in [0.5, 0.6) is 17.2 Å². The lowest BCUT2D eigenvalue weighted by atomic mass is 10.2. The Kier molecular flexibility index (Phi) is 9.81. The van der Waals surface area contributed by atoms with Crippen LogP contribution in [0.15, 0.2) is 99.0 Å². The summed E-state index contributed by atoms with van der Waals surface area (Å²) in [6, 6.07) is 26.0. The molecule has 0 spiro atoms. The summed E-state index contributed by atoms with van der Waals surface area (Å²) in [4.78, 5) is 12.7. The summed E-state index contributed by atoms with van der Waals surface area (Å²) in [6.45, 7) is 0.710. The Balaban J connectivity index is 1.37. The topological polar surface area (TPSA) is 69.2 Å². The second-order valence-corrected chi connectivity index (χ2v) is 10.1. The van der Waals surface area contributed by atoms with Crippen molar-refractivity contribution in [2.75, 3.05) is 7.11 Å². The van der Waals surface area contributed by atoms with Crippen molar-refractivity contribution in [3.05, 3.63) is 121 Å². The van der Waals surface area contributed by atoms with E-state index in [2.05, 4.69) is 42.4 Å². The molecule has 38 heavy (non-hydrogen) atoms. The fourth-order valence-corrected chi connectivity index (χ4v) is 5.09. The number of nitrogens with one attached hydrogen (secondary N) is 1. The van der Waals surface area contributed by atoms with Gasteiger partial charge in [0, 0.05) is 16.1 Å². The highest BCUT2D eigenvalue weighted by Crippen LogP contribution is 2.35. The van der Waals surface area contributed by atoms with Crippen LogP contribution in [0.2, 0.25) is 5.02 Å². The van der Waals surface area contributed by atoms with Gasteiger partial charge in [-0.25, -0.2) is 5.43 Å². The molecule has 4 rings (SSSR count). The highest BCUT2D eigenvalue weighted by molar-refractivity contribution is 9.11. The Morgan fingerprint density at radius 3 is 2.32 bits per heavy atom. The standard InChI is InChI=1S/C29H23Br2ClN2O4/c1-36-27-15-21(11-12-26(27)37-17-19-7-3-2-4-8-19)29(35)34-33-16-20-13-23(30)28(24(31)14-20)38-18-22-9-5-6-10-25(22)32/h2-16H,17-18H2,1H3,(H,34,35)/b33-16+. The van der Waals surface area contributed by atoms with E-state index in [4.69, 9.17) is 25.8 Å². The monoisotopic (exact) mass is 656 g/mol. The predicted octanol–water partition coefficient (Wildman–Crippen LogP) is 7.80. The zero-order chi connectivity index (χ0) is 26.9. The molecule has 0 bridgehead atoms. The van der Waals surface area contributed by atoms with Crippen molar-refractivity contribution in [3.8, 4) is 17.2 Å². The molecule has 0 heterocycles. The Labute approximate surface area is 242 Å². The highest BCUT2D eigenvalue weighted by Gasteiger charge is 2.12. The van der Waals surface area contributed by atoms with Crippen molar-refractivity contribution < 1.29 is 19.0 Å². The first-order chi connectivity index (χ1) is 18.4. The Morgan fingerprint density at radius 1 is 0.895 bits per heavy atom. The van der Waals surface area contributed by atoms with Crippen molar-refractivity contribution in [3.63, 3.8) is 0 Å². The van der Waals surface area contributed by atoms with Gasteiger partial charge in [0.25, 0.3) is 5.91 Å². The molecular weight excluding hydrogens is 636 g/mol. The quantitative estimate of drug-likeness (QED) is 0.140. The van der Waals surface area contributed by atoms with Gasteiger partial charge in [0.05, 0.1) is 22.3 Å². The fourth-order valence-electron chi connectivity index (χ4n) is 3.45. The first kappa shape index (κ1) is 27.7. The number of rotatable bonds is 10. The Hall–Kier alpha value is -3.33. The molecule has 0 aromatic heterocycles. The highest BCUT2D eigenvalue weighted by atomic mass is 79.9. The minimum atomic E-state index is -0.382. The molecule has 0 fully saturated rings. The summed E-state index contributed by atoms with van der Waals surface area (Å²) in [5.74, 6) is 1.25. The van der Waals surface area contributed by atoms with Gasteiger partial charge in [-0.15, -0.1) is 0 Å². The number of ether oxygens (including phenoxy) is 3. The molecule has 0 radical (unpaired) electrons. The van der Waals surface area contributed by atoms with Crippen LogP contribution in [0.4, 0.5) is 0 Å². The molecule has 194 valence electrons. The number of carbonyl (C=O) groups is 1. The molecule has 4 aromatic carbocycles. The minimum absolute atomic E-state index is 0.319. The first-order valence-corrected chi connectivity index (χ1v) is 13.4. The summed E-state index contributed by atoms with van der Waals surface area (Å²) in [5.41, 5.74) is 5.59. The fraction of sp³-hybridized carbons (Fsp3) is 0.103. The third kappa shape index (κ3) is 7.37. The Morgan fingerprint density at radius 2 is 1.61 bits per heavy atom. The molecule has 1 N–H and O–H groups in total. The number of amides is 1. The molecule has 0 atom stereocenters. The van der Waals surface area contributed by atoms with E-state index in [0.717, 1.165) is 25.6 Å². The van der Waals surface area contributed by atoms with Gasteiger partial charge >= 0.3 is 0 Å². The normalized spacial score (nSPS) is 10.8. The third-order valence-electron chi connectivity index (χ3n) is 5.39. The second-order valence-electron chi connectivity index (χ2n) is 8.03. The average Bonchev–Trinajstić information content (AvgIpc) is 2.92. The number of carbonyl (C=O) groups excluding carboxylic acids is 1. The third-order valence-corrected chi connectivity index (χ3v) is 6.94. The number of halogens is 3. The van der Waals surface area contributed by atoms with Gasteiger partial charge in [0.1, 0.15) is 19.0 Å². The van der Waals surface area contributed by atoms with Crippen LogP contribution in [-0.2, 0) is 13.2 Å². The van der Waals surface area contributed by atoms with Gasteiger partial charge in [0.15, 0.2) is 11.5 Å². The molecule has 0 saturated heterocycles. The maximum absolute atomic E-state index is 12.7. The molecular formula is C29H23Br2ClN2O4. The number of hydrogen-bond donors (Lipinski definition) is 1. The largest absolute Gasteiger partial charge is 0.493 e. The molecule has 0 unspecified atom stereocenters. The summed E-state index contributed by atoms with van der Waals surface area (Å²) >= 11 is 13.3. The summed E-state index contributed by atoms with van der Waals surface area (Å²) in [5, 5.41) is 4.74. The molecule has 4 aromatic rings. The number of methoxy groups -OCH3 is 1. The van der Waals surface area contributed by atoms with E-state index in [9.17, 15) is 4.79 Å². The molecule has 0 saturated carbocycles. The van der Waals surface area contributed by atoms with Gasteiger partial charge < -0.3 is 14.2 Å². The lowest BCUT2D eigenvalue weighted by molar-refractivity contribution is 0.0954. The lowest BCUT2D eigenvalue weighted by Crippen LogP contribution is -2.17. The summed E-state index contributed by atoms with van der Waals surface area (Å²) < 4.78 is 18.7. The van der Waals surface area contributed by atoms with Crippen LogP contribution in [0.3, 0.4) is 0 Å². The van der Waals surface area contributed by atoms with Crippen molar-refractivity contribution >= 4 is 55.6 Å². The summed E-state index contributed by atoms with van der Waals surface area (Å²) in [6.07, 6.45) is 1.54. The smallest absolute Gasteiger partial charge is 0.271 e. The van der Waals surface area contributed by atoms with Crippen LogP contribution in [0.25, 0.3) is 0 Å². The molecule has 0 aliphatic rings. The second kappa shape index (κ2) is 13.5. The lowest BCUT2D eigenvalue weighted by Gasteiger charge is -2.12. The predicted molar refractivity (Wildman–Crippen MR) is 156 cm³/mol. The van der Waals surface area contributed by atoms with Crippen LogP contribution >= 0.6 is 43.5 Å². The van der Waals surface area contributed by atoms with Crippen LogP contribution in [0, 0.1) is 0 Å². The van der Waals surface area contributed by atoms with Crippen molar-refractivity contribution in [2.24, 2.45) is 5.10 Å². The molecule has 6 nitrogen and oxygen atoms in total. The average molecular weight is 659 g/mol. The van der Waals surface area contributed by atoms with Crippen LogP contribution in [-0.4, -0.2) is 19.2 Å². The summed E-state index contributed by atoms with van der Waals surface area (Å²) in [7, 11) is 1.53. The van der Waals surface area contributed by atoms with Crippen molar-refractivity contribution in [1.29, 1.82) is 0 Å². The minimum Gasteiger partial charge on any atom is -0.493 e. The van der Waals surface area contributed by atoms with Crippen LogP contribution in [0.1, 0.15) is 27.0 Å². The Bertz CT molecular complexity index is 1420. The molecule has 9 heteroatoms. The number of benzene rings is 4. The van der Waals surface area contributed by atoms with E-state index in [-0.39, 0.29) is 5.91 Å². The zero-order valence-electron chi connectivity index (χ0n) is 20.3. The van der Waals surface area contributed by atoms with Gasteiger partial charge in [0.2, 0.25) is 0 Å². The van der Waals surface area contributed by atoms with Crippen molar-refractivity contribution in [1.82, 2.24) is 5.43 Å². The van der Waals surface area contributed by atoms with E-state index in [0.29, 0.717) is 41.0 Å². The van der Waals surface area contributed by atoms with Gasteiger partial charge in [-0.3, -0.25) is 4.79 Å². The zero-order valence-corrected chi connectivity index (χ0v) is 24.2. The van der Waals surface area contributed by atoms with Gasteiger partial charge in [-0.05, 0) is 79.4 Å². The van der Waals surface area contributed by atoms with E-state index in [1.54, 1.807) is 24.4 Å². The van der Waals surface area contributed by atoms with E-state index in [1.807, 2.05) is 66.7 Å². The maximum Gasteiger partial charge on any atom is 0.271 e. The van der Waals surface area contributed by atoms with Gasteiger partial charge in [-0.1, -0.05) is 60.1 Å². The number of hydrazone groups is 1. The van der Waals surface area contributed by atoms with E-state index in [1.165, 1.54) is 7.11 Å².